The van der Waals surface area contributed by atoms with Gasteiger partial charge in [0.1, 0.15) is 0 Å². The van der Waals surface area contributed by atoms with Crippen molar-refractivity contribution in [1.29, 1.82) is 0 Å². The van der Waals surface area contributed by atoms with Gasteiger partial charge in [-0.3, -0.25) is 24.5 Å². The summed E-state index contributed by atoms with van der Waals surface area (Å²) in [5.74, 6) is 2.29. The van der Waals surface area contributed by atoms with E-state index >= 15 is 0 Å². The highest BCUT2D eigenvalue weighted by Gasteiger charge is 2.48. The van der Waals surface area contributed by atoms with Gasteiger partial charge < -0.3 is 96.2 Å². The smallest absolute Gasteiger partial charge is 0.0678 e. The number of nitrogens with zero attached hydrogens (tertiary/aromatic N) is 12. The van der Waals surface area contributed by atoms with Crippen LogP contribution in [0.4, 0.5) is 0 Å². The molecule has 4 atom stereocenters. The summed E-state index contributed by atoms with van der Waals surface area (Å²) in [6, 6.07) is 0.694. The van der Waals surface area contributed by atoms with Crippen LogP contribution in [0.25, 0.3) is 0 Å². The molecule has 10 heterocycles. The first-order valence-corrected chi connectivity index (χ1v) is 59.4. The number of ether oxygens (including phenoxy) is 12. The Morgan fingerprint density at radius 1 is 0.266 bits per heavy atom. The molecule has 854 valence electrons. The van der Waals surface area contributed by atoms with Gasteiger partial charge in [0, 0.05) is 203 Å². The first-order chi connectivity index (χ1) is 67.6. The molecular weight excluding hydrogens is 1790 g/mol. The first kappa shape index (κ1) is 136. The summed E-state index contributed by atoms with van der Waals surface area (Å²) in [5, 5.41) is 9.93. The van der Waals surface area contributed by atoms with Crippen molar-refractivity contribution in [2.24, 2.45) is 34.0 Å². The van der Waals surface area contributed by atoms with Gasteiger partial charge in [-0.15, -0.1) is 0 Å². The minimum absolute atomic E-state index is 0.328. The van der Waals surface area contributed by atoms with E-state index in [1.165, 1.54) is 240 Å². The Morgan fingerprint density at radius 3 is 0.797 bits per heavy atom. The first-order valence-electron chi connectivity index (χ1n) is 59.4. The van der Waals surface area contributed by atoms with E-state index in [-0.39, 0.29) is 0 Å². The minimum Gasteiger partial charge on any atom is -0.390 e. The molecule has 12 aliphatic rings. The molecule has 0 aromatic heterocycles. The highest BCUT2D eigenvalue weighted by atomic mass is 16.5. The Hall–Kier alpha value is -1.00. The van der Waals surface area contributed by atoms with Crippen LogP contribution in [-0.2, 0) is 56.8 Å². The maximum absolute atomic E-state index is 9.93. The van der Waals surface area contributed by atoms with Crippen LogP contribution in [0.3, 0.4) is 0 Å². The second kappa shape index (κ2) is 78.2. The molecule has 25 heteroatoms. The topological polar surface area (TPSA) is 170 Å². The van der Waals surface area contributed by atoms with Gasteiger partial charge in [-0.05, 0) is 390 Å². The molecule has 143 heavy (non-hydrogen) atoms. The van der Waals surface area contributed by atoms with Crippen molar-refractivity contribution in [3.63, 3.8) is 0 Å². The van der Waals surface area contributed by atoms with Crippen molar-refractivity contribution < 1.29 is 61.9 Å². The number of piperazine rings is 2. The van der Waals surface area contributed by atoms with Crippen LogP contribution in [0.15, 0.2) is 0 Å². The minimum atomic E-state index is -0.513. The Balaban J connectivity index is 0.000000409. The number of likely N-dealkylation sites (N-methyl/N-ethyl adjacent to an activating group) is 1. The molecule has 2 unspecified atom stereocenters. The summed E-state index contributed by atoms with van der Waals surface area (Å²) in [5.41, 5.74) is 1.55. The fraction of sp³-hybridized carbons (Fsp3) is 1.00. The molecule has 0 bridgehead atoms. The predicted molar refractivity (Wildman–Crippen MR) is 604 cm³/mol. The number of piperidine rings is 4. The normalized spacial score (nSPS) is 23.2. The summed E-state index contributed by atoms with van der Waals surface area (Å²) < 4.78 is 66.7. The zero-order valence-electron chi connectivity index (χ0n) is 101. The quantitative estimate of drug-likeness (QED) is 0.0570. The molecule has 0 amide bonds. The predicted octanol–water partition coefficient (Wildman–Crippen LogP) is 19.6. The van der Waals surface area contributed by atoms with Crippen molar-refractivity contribution in [2.45, 2.75) is 441 Å². The van der Waals surface area contributed by atoms with E-state index in [0.717, 1.165) is 193 Å². The number of hydrogen-bond acceptors (Lipinski definition) is 25. The molecule has 2 aliphatic carbocycles. The van der Waals surface area contributed by atoms with Crippen LogP contribution in [0, 0.1) is 34.0 Å². The van der Waals surface area contributed by atoms with Crippen LogP contribution in [-0.4, -0.2) is 457 Å². The number of likely N-dealkylation sites (tertiary alicyclic amines) is 6. The van der Waals surface area contributed by atoms with Crippen LogP contribution < -0.4 is 0 Å². The fourth-order valence-electron chi connectivity index (χ4n) is 20.9. The van der Waals surface area contributed by atoms with E-state index in [2.05, 4.69) is 274 Å². The summed E-state index contributed by atoms with van der Waals surface area (Å²) in [6.07, 6.45) is 30.6. The largest absolute Gasteiger partial charge is 0.390 e. The molecule has 12 fully saturated rings. The second-order valence-corrected chi connectivity index (χ2v) is 49.6. The molecule has 0 aromatic rings. The van der Waals surface area contributed by atoms with E-state index in [4.69, 9.17) is 56.8 Å². The summed E-state index contributed by atoms with van der Waals surface area (Å²) in [6.45, 7) is 118. The SMILES string of the molecule is CC(C)OCCCN1CC2(CCC2)C1.CC(C)OCCCN1CCC(C(C)(C)C)CC1.CC(C)OCCCN1CCN(C)CC1.CC(C)OCCCN1C[C@@H](C)O[C@@H](C)C1.CC(C)OCCN1CC(C)OC(C)C1.CC(C)OCCN1CC2(CCC2)C1.CC(C)OCCN1CCC(C(C)(C)O)CC1.CC(C)OCCN1CCCCC1.CC(C)OCCN1CCN(C(C)C)CC1.CC1CCN(CCOC(C)C)CC1. The summed E-state index contributed by atoms with van der Waals surface area (Å²) in [7, 11) is 2.19. The monoisotopic (exact) mass is 2040 g/mol. The number of aliphatic hydroxyl groups is 1. The lowest BCUT2D eigenvalue weighted by molar-refractivity contribution is -0.0749. The average molecular weight is 2040 g/mol. The zero-order valence-corrected chi connectivity index (χ0v) is 101. The zero-order chi connectivity index (χ0) is 106. The third kappa shape index (κ3) is 70.2. The van der Waals surface area contributed by atoms with E-state index in [9.17, 15) is 5.11 Å². The molecule has 12 rings (SSSR count). The number of hydrogen-bond donors (Lipinski definition) is 1. The van der Waals surface area contributed by atoms with Crippen LogP contribution in [0.5, 0.6) is 0 Å². The Labute approximate surface area is 886 Å². The highest BCUT2D eigenvalue weighted by molar-refractivity contribution is 5.01. The van der Waals surface area contributed by atoms with E-state index in [1.54, 1.807) is 0 Å². The average Bonchev–Trinajstić information content (AvgIpc) is 0.766. The van der Waals surface area contributed by atoms with E-state index in [0.29, 0.717) is 103 Å². The Bertz CT molecular complexity index is 2840. The molecule has 10 aliphatic heterocycles. The Kier molecular flexibility index (Phi) is 74.4. The fourth-order valence-corrected chi connectivity index (χ4v) is 20.9. The molecule has 0 radical (unpaired) electrons. The standard InChI is InChI=1S/C15H31NO.C13H27NO2.C12H26N2O.C12H25NO2.C12H23NO.C11H24N2O.C11H23NO2.C11H21NO.C11H23NO.C10H21NO/c1-13(2)17-12-6-9-16-10-7-14(8-11-16)15(3,4)5;1-11(2)16-10-9-14-7-5-12(6-8-14)13(3,4)15;1-11(2)14-7-5-13(6-8-14)9-10-15-12(3)4;1-10(2)14-7-5-6-13-8-11(3)15-12(4)9-13;1-11(2)14-8-4-7-13-9-12(10-13)5-3-6-12;1-11(2)14-10-4-5-13-8-6-12(3)7-9-13;1-9(2)13-6-5-12-7-10(3)14-11(4)8-12;1-10(2)13-7-6-12-8-11(9-12)4-3-5-11;1-10(2)13-9-8-12-6-4-11(3)5-7-12;1-10(2)12-9-8-11-6-4-3-5-7-11/h13-14H,6-12H2,1-5H3;11-12,15H,5-10H2,1-4H3;11-12H,5-10H2,1-4H3;10-12H,5-9H2,1-4H3;11H,3-10H2,1-2H3;11H,4-10H2,1-3H3;9-11H,5-8H2,1-4H3;10H,3-9H2,1-2H3;10-11H,4-9H2,1-3H3;10H,3-9H2,1-2H3/t;;;11-,12+;;;;;;. The second-order valence-electron chi connectivity index (χ2n) is 49.6. The lowest BCUT2D eigenvalue weighted by Crippen LogP contribution is -2.60. The summed E-state index contributed by atoms with van der Waals surface area (Å²) >= 11 is 0. The van der Waals surface area contributed by atoms with Gasteiger partial charge in [0.05, 0.1) is 131 Å². The van der Waals surface area contributed by atoms with Gasteiger partial charge >= 0.3 is 0 Å². The van der Waals surface area contributed by atoms with Gasteiger partial charge in [0.15, 0.2) is 0 Å². The lowest BCUT2D eigenvalue weighted by atomic mass is 9.63. The number of morpholine rings is 2. The maximum atomic E-state index is 9.93. The third-order valence-electron chi connectivity index (χ3n) is 29.9. The van der Waals surface area contributed by atoms with Crippen molar-refractivity contribution in [3.8, 4) is 0 Å². The Morgan fingerprint density at radius 2 is 0.503 bits per heavy atom. The van der Waals surface area contributed by atoms with Gasteiger partial charge in [0.25, 0.3) is 0 Å². The van der Waals surface area contributed by atoms with Crippen molar-refractivity contribution in [2.75, 3.05) is 296 Å². The summed E-state index contributed by atoms with van der Waals surface area (Å²) in [4.78, 5) is 30.0. The molecule has 10 saturated heterocycles. The van der Waals surface area contributed by atoms with E-state index in [1.807, 2.05) is 13.8 Å². The van der Waals surface area contributed by atoms with Crippen LogP contribution in [0.1, 0.15) is 344 Å². The molecular formula is C118H244N12O13. The molecule has 25 nitrogen and oxygen atoms in total. The van der Waals surface area contributed by atoms with Crippen molar-refractivity contribution in [1.82, 2.24) is 58.8 Å². The van der Waals surface area contributed by atoms with Gasteiger partial charge in [-0.25, -0.2) is 0 Å². The van der Waals surface area contributed by atoms with Crippen LogP contribution >= 0.6 is 0 Å². The van der Waals surface area contributed by atoms with Crippen molar-refractivity contribution in [3.05, 3.63) is 0 Å². The van der Waals surface area contributed by atoms with Crippen LogP contribution in [0.2, 0.25) is 0 Å². The molecule has 1 N–H and O–H groups in total. The van der Waals surface area contributed by atoms with E-state index < -0.39 is 5.60 Å². The molecule has 0 aromatic carbocycles. The number of rotatable bonds is 46. The lowest BCUT2D eigenvalue weighted by Gasteiger charge is -2.56. The molecule has 2 spiro atoms. The highest BCUT2D eigenvalue weighted by Crippen LogP contribution is 2.49. The van der Waals surface area contributed by atoms with Crippen molar-refractivity contribution >= 4 is 0 Å². The maximum Gasteiger partial charge on any atom is 0.0678 e. The molecule has 2 saturated carbocycles. The van der Waals surface area contributed by atoms with Gasteiger partial charge in [-0.2, -0.15) is 0 Å². The van der Waals surface area contributed by atoms with Gasteiger partial charge in [-0.1, -0.05) is 47.0 Å². The van der Waals surface area contributed by atoms with Gasteiger partial charge in [0.2, 0.25) is 0 Å². The third-order valence-corrected chi connectivity index (χ3v) is 29.9.